The molecular weight excluding hydrogens is 414 g/mol. The second-order valence-corrected chi connectivity index (χ2v) is 10.1. The molecule has 1 unspecified atom stereocenters. The number of hydrogen-bond acceptors (Lipinski definition) is 5. The molecule has 0 radical (unpaired) electrons. The standard InChI is InChI=1S/C24H31NO5S/c1-29-23-14-6-5-12-21(23)17-25(18-22-13-7-15-30-22)24(26)19-31(27,28)16-8-11-20-9-3-2-4-10-20/h2-6,9-10,12,14,22H,7-8,11,13,15-19H2,1H3. The number of rotatable bonds is 11. The van der Waals surface area contributed by atoms with Gasteiger partial charge in [0.15, 0.2) is 9.84 Å². The molecular formula is C24H31NO5S. The van der Waals surface area contributed by atoms with Crippen LogP contribution in [0.5, 0.6) is 5.75 Å². The predicted octanol–water partition coefficient (Wildman–Crippen LogP) is 3.25. The molecule has 1 aliphatic rings. The Kier molecular flexibility index (Phi) is 8.49. The second-order valence-electron chi connectivity index (χ2n) is 7.90. The van der Waals surface area contributed by atoms with Crippen LogP contribution in [-0.4, -0.2) is 57.1 Å². The summed E-state index contributed by atoms with van der Waals surface area (Å²) in [6.45, 7) is 1.36. The summed E-state index contributed by atoms with van der Waals surface area (Å²) in [4.78, 5) is 14.6. The van der Waals surface area contributed by atoms with E-state index in [1.807, 2.05) is 54.6 Å². The van der Waals surface area contributed by atoms with Gasteiger partial charge < -0.3 is 14.4 Å². The minimum atomic E-state index is -3.50. The zero-order valence-corrected chi connectivity index (χ0v) is 18.9. The molecule has 1 saturated heterocycles. The molecule has 6 nitrogen and oxygen atoms in total. The quantitative estimate of drug-likeness (QED) is 0.531. The third kappa shape index (κ3) is 7.36. The van der Waals surface area contributed by atoms with Crippen LogP contribution in [0.3, 0.4) is 0 Å². The summed E-state index contributed by atoms with van der Waals surface area (Å²) in [5.41, 5.74) is 1.94. The summed E-state index contributed by atoms with van der Waals surface area (Å²) in [5.74, 6) is -0.195. The lowest BCUT2D eigenvalue weighted by molar-refractivity contribution is -0.130. The molecule has 0 spiro atoms. The first-order valence-corrected chi connectivity index (χ1v) is 12.5. The Balaban J connectivity index is 1.63. The van der Waals surface area contributed by atoms with Crippen LogP contribution < -0.4 is 4.74 Å². The summed E-state index contributed by atoms with van der Waals surface area (Å²) in [5, 5.41) is 0. The van der Waals surface area contributed by atoms with Crippen molar-refractivity contribution in [2.75, 3.05) is 31.8 Å². The molecule has 0 N–H and O–H groups in total. The van der Waals surface area contributed by atoms with Crippen LogP contribution in [0.2, 0.25) is 0 Å². The highest BCUT2D eigenvalue weighted by atomic mass is 32.2. The minimum absolute atomic E-state index is 0.00391. The number of amides is 1. The van der Waals surface area contributed by atoms with E-state index in [0.717, 1.165) is 24.0 Å². The fourth-order valence-electron chi connectivity index (χ4n) is 3.82. The van der Waals surface area contributed by atoms with Gasteiger partial charge in [-0.25, -0.2) is 8.42 Å². The smallest absolute Gasteiger partial charge is 0.238 e. The molecule has 1 heterocycles. The van der Waals surface area contributed by atoms with Gasteiger partial charge in [0.25, 0.3) is 0 Å². The molecule has 0 saturated carbocycles. The highest BCUT2D eigenvalue weighted by molar-refractivity contribution is 7.92. The summed E-state index contributed by atoms with van der Waals surface area (Å²) >= 11 is 0. The van der Waals surface area contributed by atoms with Gasteiger partial charge in [0.05, 0.1) is 19.0 Å². The van der Waals surface area contributed by atoms with Crippen LogP contribution in [0.4, 0.5) is 0 Å². The molecule has 2 aromatic carbocycles. The van der Waals surface area contributed by atoms with Crippen molar-refractivity contribution in [2.45, 2.75) is 38.3 Å². The Morgan fingerprint density at radius 3 is 2.58 bits per heavy atom. The first-order valence-electron chi connectivity index (χ1n) is 10.7. The van der Waals surface area contributed by atoms with Crippen molar-refractivity contribution >= 4 is 15.7 Å². The average Bonchev–Trinajstić information content (AvgIpc) is 3.27. The lowest BCUT2D eigenvalue weighted by Crippen LogP contribution is -2.40. The zero-order chi connectivity index (χ0) is 22.1. The van der Waals surface area contributed by atoms with E-state index in [1.54, 1.807) is 12.0 Å². The van der Waals surface area contributed by atoms with E-state index < -0.39 is 15.6 Å². The van der Waals surface area contributed by atoms with Gasteiger partial charge in [0, 0.05) is 25.3 Å². The van der Waals surface area contributed by atoms with E-state index >= 15 is 0 Å². The number of sulfone groups is 1. The molecule has 3 rings (SSSR count). The van der Waals surface area contributed by atoms with Crippen LogP contribution in [0.15, 0.2) is 54.6 Å². The van der Waals surface area contributed by atoms with Gasteiger partial charge in [0.1, 0.15) is 11.5 Å². The van der Waals surface area contributed by atoms with E-state index in [4.69, 9.17) is 9.47 Å². The number of nitrogens with zero attached hydrogens (tertiary/aromatic N) is 1. The van der Waals surface area contributed by atoms with Gasteiger partial charge >= 0.3 is 0 Å². The molecule has 1 atom stereocenters. The Hall–Kier alpha value is -2.38. The Labute approximate surface area is 185 Å². The Morgan fingerprint density at radius 2 is 1.87 bits per heavy atom. The van der Waals surface area contributed by atoms with Gasteiger partial charge in [0.2, 0.25) is 5.91 Å². The summed E-state index contributed by atoms with van der Waals surface area (Å²) in [7, 11) is -1.92. The van der Waals surface area contributed by atoms with Crippen LogP contribution in [0, 0.1) is 0 Å². The van der Waals surface area contributed by atoms with Crippen LogP contribution in [0.1, 0.15) is 30.4 Å². The molecule has 2 aromatic rings. The SMILES string of the molecule is COc1ccccc1CN(CC1CCCO1)C(=O)CS(=O)(=O)CCCc1ccccc1. The monoisotopic (exact) mass is 445 g/mol. The predicted molar refractivity (Wildman–Crippen MR) is 121 cm³/mol. The highest BCUT2D eigenvalue weighted by Gasteiger charge is 2.27. The molecule has 168 valence electrons. The van der Waals surface area contributed by atoms with E-state index in [1.165, 1.54) is 0 Å². The van der Waals surface area contributed by atoms with Gasteiger partial charge in [-0.2, -0.15) is 0 Å². The molecule has 1 fully saturated rings. The minimum Gasteiger partial charge on any atom is -0.496 e. The first kappa shape index (κ1) is 23.3. The van der Waals surface area contributed by atoms with Crippen molar-refractivity contribution in [2.24, 2.45) is 0 Å². The van der Waals surface area contributed by atoms with Gasteiger partial charge in [-0.3, -0.25) is 4.79 Å². The topological polar surface area (TPSA) is 72.9 Å². The number of aryl methyl sites for hydroxylation is 1. The van der Waals surface area contributed by atoms with E-state index in [9.17, 15) is 13.2 Å². The number of carbonyl (C=O) groups excluding carboxylic acids is 1. The molecule has 31 heavy (non-hydrogen) atoms. The van der Waals surface area contributed by atoms with Gasteiger partial charge in [-0.15, -0.1) is 0 Å². The third-order valence-corrected chi connectivity index (χ3v) is 7.06. The van der Waals surface area contributed by atoms with E-state index in [2.05, 4.69) is 0 Å². The molecule has 0 aliphatic carbocycles. The number of methoxy groups -OCH3 is 1. The Morgan fingerprint density at radius 1 is 1.13 bits per heavy atom. The third-order valence-electron chi connectivity index (χ3n) is 5.46. The molecule has 1 amide bonds. The zero-order valence-electron chi connectivity index (χ0n) is 18.0. The summed E-state index contributed by atoms with van der Waals surface area (Å²) < 4.78 is 36.4. The fourth-order valence-corrected chi connectivity index (χ4v) is 5.11. The second kappa shape index (κ2) is 11.3. The van der Waals surface area contributed by atoms with Crippen LogP contribution in [-0.2, 0) is 32.3 Å². The summed E-state index contributed by atoms with van der Waals surface area (Å²) in [6.07, 6.45) is 2.95. The van der Waals surface area contributed by atoms with E-state index in [-0.39, 0.29) is 17.8 Å². The average molecular weight is 446 g/mol. The van der Waals surface area contributed by atoms with Crippen molar-refractivity contribution in [3.63, 3.8) is 0 Å². The van der Waals surface area contributed by atoms with Crippen molar-refractivity contribution < 1.29 is 22.7 Å². The lowest BCUT2D eigenvalue weighted by atomic mass is 10.1. The van der Waals surface area contributed by atoms with Crippen molar-refractivity contribution in [3.8, 4) is 5.75 Å². The van der Waals surface area contributed by atoms with Crippen LogP contribution in [0.25, 0.3) is 0 Å². The number of para-hydroxylation sites is 1. The number of hydrogen-bond donors (Lipinski definition) is 0. The molecule has 1 aliphatic heterocycles. The maximum Gasteiger partial charge on any atom is 0.238 e. The van der Waals surface area contributed by atoms with Crippen molar-refractivity contribution in [1.82, 2.24) is 4.90 Å². The van der Waals surface area contributed by atoms with Crippen LogP contribution >= 0.6 is 0 Å². The normalized spacial score (nSPS) is 16.2. The van der Waals surface area contributed by atoms with Gasteiger partial charge in [-0.05, 0) is 37.3 Å². The summed E-state index contributed by atoms with van der Waals surface area (Å²) in [6, 6.07) is 17.3. The molecule has 7 heteroatoms. The van der Waals surface area contributed by atoms with E-state index in [0.29, 0.717) is 38.3 Å². The Bertz CT molecular complexity index is 939. The lowest BCUT2D eigenvalue weighted by Gasteiger charge is -2.26. The van der Waals surface area contributed by atoms with Crippen molar-refractivity contribution in [3.05, 3.63) is 65.7 Å². The highest BCUT2D eigenvalue weighted by Crippen LogP contribution is 2.21. The maximum atomic E-state index is 13.0. The van der Waals surface area contributed by atoms with Crippen molar-refractivity contribution in [1.29, 1.82) is 0 Å². The first-order chi connectivity index (χ1) is 15.0. The number of carbonyl (C=O) groups is 1. The largest absolute Gasteiger partial charge is 0.496 e. The number of ether oxygens (including phenoxy) is 2. The van der Waals surface area contributed by atoms with Gasteiger partial charge in [-0.1, -0.05) is 48.5 Å². The maximum absolute atomic E-state index is 13.0. The molecule has 0 bridgehead atoms. The number of benzene rings is 2. The molecule has 0 aromatic heterocycles. The fraction of sp³-hybridized carbons (Fsp3) is 0.458.